The Labute approximate surface area is 129 Å². The predicted molar refractivity (Wildman–Crippen MR) is 59.9 cm³/mol. The Hall–Kier alpha value is 0.313. The number of hydrogen-bond acceptors (Lipinski definition) is 0. The minimum Gasteiger partial charge on any atom is -1.00 e. The van der Waals surface area contributed by atoms with Crippen LogP contribution < -0.4 is 24.0 Å². The Morgan fingerprint density at radius 1 is 1.00 bits per heavy atom. The van der Waals surface area contributed by atoms with Crippen molar-refractivity contribution >= 4 is 0 Å². The smallest absolute Gasteiger partial charge is 0 e. The third kappa shape index (κ3) is 5.58. The molecule has 0 spiro atoms. The van der Waals surface area contributed by atoms with Crippen LogP contribution in [0.3, 0.4) is 0 Å². The van der Waals surface area contributed by atoms with Gasteiger partial charge in [-0.25, -0.2) is 0 Å². The van der Waals surface area contributed by atoms with Crippen LogP contribution in [0.2, 0.25) is 0 Å². The Bertz CT molecular complexity index is 289. The molecule has 0 unspecified atom stereocenters. The minimum atomic E-state index is 0. The summed E-state index contributed by atoms with van der Waals surface area (Å²) < 4.78 is 0. The van der Waals surface area contributed by atoms with Gasteiger partial charge in [0.2, 0.25) is 0 Å². The van der Waals surface area contributed by atoms with E-state index in [1.165, 1.54) is 37.7 Å². The summed E-state index contributed by atoms with van der Waals surface area (Å²) in [6.07, 6.45) is 12.6. The van der Waals surface area contributed by atoms with Crippen molar-refractivity contribution in [2.45, 2.75) is 32.1 Å². The first kappa shape index (κ1) is 16.3. The maximum atomic E-state index is 3.39. The van der Waals surface area contributed by atoms with Gasteiger partial charge in [-0.1, -0.05) is 55.7 Å². The zero-order valence-corrected chi connectivity index (χ0v) is 14.8. The van der Waals surface area contributed by atoms with Gasteiger partial charge < -0.3 is 24.0 Å². The number of allylic oxidation sites excluding steroid dienone is 1. The molecule has 0 saturated heterocycles. The van der Waals surface area contributed by atoms with Crippen LogP contribution in [-0.4, -0.2) is 0 Å². The summed E-state index contributed by atoms with van der Waals surface area (Å²) in [6.45, 7) is 0. The average Bonchev–Trinajstić information content (AvgIpc) is 2.29. The molecule has 0 N–H and O–H groups in total. The maximum Gasteiger partial charge on any atom is 0 e. The van der Waals surface area contributed by atoms with Crippen molar-refractivity contribution in [3.8, 4) is 0 Å². The predicted octanol–water partition coefficient (Wildman–Crippen LogP) is 0.976. The quantitative estimate of drug-likeness (QED) is 0.532. The van der Waals surface area contributed by atoms with Crippen LogP contribution >= 0.6 is 0 Å². The van der Waals surface area contributed by atoms with Gasteiger partial charge >= 0.3 is 0 Å². The van der Waals surface area contributed by atoms with Crippen molar-refractivity contribution in [1.82, 2.24) is 0 Å². The van der Waals surface area contributed by atoms with Crippen LogP contribution in [-0.2, 0) is 19.5 Å². The van der Waals surface area contributed by atoms with Crippen LogP contribution in [0.25, 0.3) is 0 Å². The summed E-state index contributed by atoms with van der Waals surface area (Å²) in [5.74, 6) is 0.781. The van der Waals surface area contributed by atoms with Crippen molar-refractivity contribution in [1.29, 1.82) is 0 Å². The molecule has 2 heteroatoms. The molecule has 0 atom stereocenters. The topological polar surface area (TPSA) is 0 Å². The van der Waals surface area contributed by atoms with Crippen molar-refractivity contribution in [2.24, 2.45) is 5.92 Å². The van der Waals surface area contributed by atoms with E-state index in [0.717, 1.165) is 5.92 Å². The van der Waals surface area contributed by atoms with E-state index in [4.69, 9.17) is 0 Å². The van der Waals surface area contributed by atoms with E-state index in [9.17, 15) is 0 Å². The number of benzene rings is 1. The molecule has 83 valence electrons. The van der Waals surface area contributed by atoms with Crippen LogP contribution in [0.1, 0.15) is 37.7 Å². The summed E-state index contributed by atoms with van der Waals surface area (Å²) >= 11 is 0. The first-order chi connectivity index (χ1) is 6.95. The van der Waals surface area contributed by atoms with Gasteiger partial charge in [-0.15, -0.1) is 0 Å². The Morgan fingerprint density at radius 2 is 1.62 bits per heavy atom. The van der Waals surface area contributed by atoms with Crippen LogP contribution in [0.4, 0.5) is 0 Å². The average molecular weight is 378 g/mol. The molecule has 0 nitrogen and oxygen atoms in total. The molecule has 1 radical (unpaired) electrons. The molecule has 0 heterocycles. The van der Waals surface area contributed by atoms with Crippen molar-refractivity contribution in [3.05, 3.63) is 48.0 Å². The van der Waals surface area contributed by atoms with Crippen LogP contribution in [0.15, 0.2) is 36.4 Å². The molecule has 0 bridgehead atoms. The van der Waals surface area contributed by atoms with Crippen molar-refractivity contribution < 1.29 is 43.5 Å². The van der Waals surface area contributed by atoms with Gasteiger partial charge in [0.15, 0.2) is 0 Å². The van der Waals surface area contributed by atoms with E-state index in [0.29, 0.717) is 0 Å². The Morgan fingerprint density at radius 3 is 2.25 bits per heavy atom. The molecular formula is C14H17IZn-. The largest absolute Gasteiger partial charge is 1.00 e. The molecule has 1 aromatic rings. The maximum absolute atomic E-state index is 3.39. The molecule has 1 aromatic carbocycles. The molecule has 0 aliphatic heterocycles. The standard InChI is InChI=1S/C14H17.HI.Zn/c1-3-7-13(8-4-1)11-12-14-9-5-2-6-10-14;;/h1,3-4,7-8,12,14H,2,5-6,9-10H2;1H;/p-1. The molecule has 1 fully saturated rings. The second kappa shape index (κ2) is 9.35. The molecule has 0 amide bonds. The number of rotatable bonds is 2. The van der Waals surface area contributed by atoms with E-state index < -0.39 is 0 Å². The monoisotopic (exact) mass is 376 g/mol. The van der Waals surface area contributed by atoms with E-state index in [1.807, 2.05) is 6.07 Å². The summed E-state index contributed by atoms with van der Waals surface area (Å²) in [5.41, 5.74) is 1.21. The third-order valence-corrected chi connectivity index (χ3v) is 2.91. The van der Waals surface area contributed by atoms with E-state index >= 15 is 0 Å². The van der Waals surface area contributed by atoms with E-state index in [1.54, 1.807) is 0 Å². The van der Waals surface area contributed by atoms with Gasteiger partial charge in [0, 0.05) is 19.5 Å². The van der Waals surface area contributed by atoms with Gasteiger partial charge in [0.05, 0.1) is 0 Å². The van der Waals surface area contributed by atoms with Gasteiger partial charge in [-0.05, 0) is 30.4 Å². The molecule has 16 heavy (non-hydrogen) atoms. The molecule has 1 aliphatic rings. The van der Waals surface area contributed by atoms with Gasteiger partial charge in [-0.3, -0.25) is 0 Å². The fraction of sp³-hybridized carbons (Fsp3) is 0.429. The molecular weight excluding hydrogens is 360 g/mol. The SMILES string of the molecule is [C](=CC1CCCCC1)c1ccccc1.[I-].[Zn]. The van der Waals surface area contributed by atoms with Crippen molar-refractivity contribution in [3.63, 3.8) is 0 Å². The fourth-order valence-corrected chi connectivity index (χ4v) is 2.05. The Kier molecular flexibility index (Phi) is 9.54. The van der Waals surface area contributed by atoms with Gasteiger partial charge in [0.25, 0.3) is 0 Å². The first-order valence-electron chi connectivity index (χ1n) is 5.60. The number of halogens is 1. The van der Waals surface area contributed by atoms with Gasteiger partial charge in [-0.2, -0.15) is 0 Å². The molecule has 0 aromatic heterocycles. The van der Waals surface area contributed by atoms with Crippen LogP contribution in [0, 0.1) is 12.0 Å². The second-order valence-electron chi connectivity index (χ2n) is 4.08. The van der Waals surface area contributed by atoms with Crippen LogP contribution in [0.5, 0.6) is 0 Å². The summed E-state index contributed by atoms with van der Waals surface area (Å²) in [6, 6.07) is 10.4. The van der Waals surface area contributed by atoms with E-state index in [-0.39, 0.29) is 43.5 Å². The normalized spacial score (nSPS) is 16.5. The van der Waals surface area contributed by atoms with Crippen molar-refractivity contribution in [2.75, 3.05) is 0 Å². The first-order valence-corrected chi connectivity index (χ1v) is 5.60. The molecule has 1 saturated carbocycles. The molecule has 2 rings (SSSR count). The summed E-state index contributed by atoms with van der Waals surface area (Å²) in [4.78, 5) is 0. The molecule has 1 aliphatic carbocycles. The second-order valence-corrected chi connectivity index (χ2v) is 4.08. The summed E-state index contributed by atoms with van der Waals surface area (Å²) in [5, 5.41) is 0. The Balaban J connectivity index is 0.00000112. The minimum absolute atomic E-state index is 0. The summed E-state index contributed by atoms with van der Waals surface area (Å²) in [7, 11) is 0. The zero-order valence-electron chi connectivity index (χ0n) is 9.66. The van der Waals surface area contributed by atoms with Gasteiger partial charge in [0.1, 0.15) is 0 Å². The number of hydrogen-bond donors (Lipinski definition) is 0. The van der Waals surface area contributed by atoms with E-state index in [2.05, 4.69) is 36.4 Å². The zero-order chi connectivity index (χ0) is 9.64. The fourth-order valence-electron chi connectivity index (χ4n) is 2.05. The third-order valence-electron chi connectivity index (χ3n) is 2.91.